The van der Waals surface area contributed by atoms with Gasteiger partial charge in [0.25, 0.3) is 0 Å². The highest BCUT2D eigenvalue weighted by Crippen LogP contribution is 2.32. The van der Waals surface area contributed by atoms with Gasteiger partial charge in [0.05, 0.1) is 27.8 Å². The summed E-state index contributed by atoms with van der Waals surface area (Å²) in [5, 5.41) is 0.975. The van der Waals surface area contributed by atoms with E-state index in [2.05, 4.69) is 4.98 Å². The lowest BCUT2D eigenvalue weighted by Gasteiger charge is -2.15. The normalized spacial score (nSPS) is 10.3. The molecule has 0 aliphatic heterocycles. The van der Waals surface area contributed by atoms with Crippen LogP contribution in [0.4, 0.5) is 10.7 Å². The highest BCUT2D eigenvalue weighted by Gasteiger charge is 2.13. The lowest BCUT2D eigenvalue weighted by atomic mass is 10.3. The first-order chi connectivity index (χ1) is 8.58. The van der Waals surface area contributed by atoms with Crippen molar-refractivity contribution in [2.45, 2.75) is 13.5 Å². The van der Waals surface area contributed by atoms with Gasteiger partial charge in [-0.1, -0.05) is 6.07 Å². The number of nitrogen functional groups attached to an aromatic ring is 1. The van der Waals surface area contributed by atoms with Crippen LogP contribution < -0.4 is 10.6 Å². The molecular weight excluding hydrogens is 246 g/mol. The van der Waals surface area contributed by atoms with Crippen LogP contribution in [0.5, 0.6) is 0 Å². The molecule has 0 spiro atoms. The largest absolute Gasteiger partial charge is 0.397 e. The summed E-state index contributed by atoms with van der Waals surface area (Å²) < 4.78 is 0. The number of aromatic nitrogens is 1. The average molecular weight is 261 g/mol. The van der Waals surface area contributed by atoms with Crippen LogP contribution in [-0.2, 0) is 6.54 Å². The molecule has 94 valence electrons. The van der Waals surface area contributed by atoms with Gasteiger partial charge in [0.15, 0.2) is 5.78 Å². The minimum absolute atomic E-state index is 0.00925. The molecule has 18 heavy (non-hydrogen) atoms. The fourth-order valence-corrected chi connectivity index (χ4v) is 2.60. The van der Waals surface area contributed by atoms with Crippen LogP contribution in [-0.4, -0.2) is 17.8 Å². The summed E-state index contributed by atoms with van der Waals surface area (Å²) in [5.41, 5.74) is 7.35. The second-order valence-corrected chi connectivity index (χ2v) is 5.13. The summed E-state index contributed by atoms with van der Waals surface area (Å²) >= 11 is 1.42. The Kier molecular flexibility index (Phi) is 3.62. The van der Waals surface area contributed by atoms with Crippen LogP contribution in [0.3, 0.4) is 0 Å². The predicted octanol–water partition coefficient (Wildman–Crippen LogP) is 2.56. The van der Waals surface area contributed by atoms with E-state index in [9.17, 15) is 4.79 Å². The van der Waals surface area contributed by atoms with Crippen molar-refractivity contribution in [3.8, 4) is 0 Å². The average Bonchev–Trinajstić information content (AvgIpc) is 2.73. The van der Waals surface area contributed by atoms with Crippen molar-refractivity contribution in [1.29, 1.82) is 0 Å². The van der Waals surface area contributed by atoms with E-state index in [4.69, 9.17) is 5.73 Å². The molecule has 2 N–H and O–H groups in total. The highest BCUT2D eigenvalue weighted by atomic mass is 32.1. The van der Waals surface area contributed by atoms with E-state index in [0.717, 1.165) is 10.7 Å². The Balaban J connectivity index is 2.17. The molecule has 2 heterocycles. The van der Waals surface area contributed by atoms with Crippen molar-refractivity contribution >= 4 is 27.8 Å². The standard InChI is InChI=1S/C13H15N3OS/c1-9(17)13-11(14)7-12(18-13)16(2)8-10-5-3-4-6-15-10/h3-7H,8,14H2,1-2H3. The van der Waals surface area contributed by atoms with E-state index >= 15 is 0 Å². The molecule has 5 heteroatoms. The number of ketones is 1. The molecule has 0 saturated heterocycles. The van der Waals surface area contributed by atoms with Gasteiger partial charge in [-0.2, -0.15) is 0 Å². The molecule has 0 atom stereocenters. The molecule has 0 bridgehead atoms. The zero-order valence-corrected chi connectivity index (χ0v) is 11.2. The number of hydrogen-bond donors (Lipinski definition) is 1. The first-order valence-electron chi connectivity index (χ1n) is 5.59. The summed E-state index contributed by atoms with van der Waals surface area (Å²) in [6.45, 7) is 2.23. The summed E-state index contributed by atoms with van der Waals surface area (Å²) in [6.07, 6.45) is 1.77. The predicted molar refractivity (Wildman–Crippen MR) is 75.1 cm³/mol. The second kappa shape index (κ2) is 5.18. The Hall–Kier alpha value is -1.88. The molecule has 0 saturated carbocycles. The number of nitrogens with two attached hydrogens (primary N) is 1. The Morgan fingerprint density at radius 1 is 1.50 bits per heavy atom. The van der Waals surface area contributed by atoms with Gasteiger partial charge < -0.3 is 10.6 Å². The quantitative estimate of drug-likeness (QED) is 0.859. The molecule has 0 amide bonds. The number of hydrogen-bond acceptors (Lipinski definition) is 5. The van der Waals surface area contributed by atoms with Gasteiger partial charge in [-0.15, -0.1) is 11.3 Å². The third-order valence-electron chi connectivity index (χ3n) is 2.57. The van der Waals surface area contributed by atoms with E-state index in [1.54, 1.807) is 6.20 Å². The van der Waals surface area contributed by atoms with Crippen LogP contribution in [0.15, 0.2) is 30.5 Å². The molecule has 0 unspecified atom stereocenters. The molecule has 2 aromatic rings. The van der Waals surface area contributed by atoms with E-state index in [1.807, 2.05) is 36.2 Å². The molecule has 0 aliphatic rings. The molecule has 0 aromatic carbocycles. The zero-order valence-electron chi connectivity index (χ0n) is 10.4. The number of pyridine rings is 1. The minimum atomic E-state index is 0.00925. The third kappa shape index (κ3) is 2.68. The first-order valence-corrected chi connectivity index (χ1v) is 6.41. The Morgan fingerprint density at radius 3 is 2.83 bits per heavy atom. The maximum Gasteiger partial charge on any atom is 0.171 e. The van der Waals surface area contributed by atoms with Crippen molar-refractivity contribution in [2.24, 2.45) is 0 Å². The maximum absolute atomic E-state index is 11.4. The van der Waals surface area contributed by atoms with Gasteiger partial charge in [-0.05, 0) is 18.2 Å². The summed E-state index contributed by atoms with van der Waals surface area (Å²) in [6, 6.07) is 7.66. The number of rotatable bonds is 4. The van der Waals surface area contributed by atoms with Crippen LogP contribution >= 0.6 is 11.3 Å². The zero-order chi connectivity index (χ0) is 13.1. The molecule has 2 rings (SSSR count). The molecular formula is C13H15N3OS. The Morgan fingerprint density at radius 2 is 2.28 bits per heavy atom. The number of carbonyl (C=O) groups excluding carboxylic acids is 1. The number of nitrogens with zero attached hydrogens (tertiary/aromatic N) is 2. The van der Waals surface area contributed by atoms with Crippen molar-refractivity contribution in [2.75, 3.05) is 17.7 Å². The van der Waals surface area contributed by atoms with Crippen LogP contribution in [0.25, 0.3) is 0 Å². The van der Waals surface area contributed by atoms with E-state index < -0.39 is 0 Å². The lowest BCUT2D eigenvalue weighted by Crippen LogP contribution is -2.15. The Labute approximate surface area is 110 Å². The number of anilines is 2. The van der Waals surface area contributed by atoms with Crippen molar-refractivity contribution < 1.29 is 4.79 Å². The smallest absolute Gasteiger partial charge is 0.171 e. The van der Waals surface area contributed by atoms with E-state index in [1.165, 1.54) is 18.3 Å². The first kappa shape index (κ1) is 12.6. The number of thiophene rings is 1. The van der Waals surface area contributed by atoms with Gasteiger partial charge in [-0.25, -0.2) is 0 Å². The fraction of sp³-hybridized carbons (Fsp3) is 0.231. The monoisotopic (exact) mass is 261 g/mol. The summed E-state index contributed by atoms with van der Waals surface area (Å²) in [5.74, 6) is 0.00925. The third-order valence-corrected chi connectivity index (χ3v) is 3.94. The summed E-state index contributed by atoms with van der Waals surface area (Å²) in [7, 11) is 1.96. The molecule has 4 nitrogen and oxygen atoms in total. The molecule has 2 aromatic heterocycles. The van der Waals surface area contributed by atoms with Crippen molar-refractivity contribution in [3.63, 3.8) is 0 Å². The highest BCUT2D eigenvalue weighted by molar-refractivity contribution is 7.18. The van der Waals surface area contributed by atoms with E-state index in [-0.39, 0.29) is 5.78 Å². The van der Waals surface area contributed by atoms with Crippen LogP contribution in [0, 0.1) is 0 Å². The maximum atomic E-state index is 11.4. The topological polar surface area (TPSA) is 59.2 Å². The van der Waals surface area contributed by atoms with E-state index in [0.29, 0.717) is 17.1 Å². The van der Waals surface area contributed by atoms with Gasteiger partial charge in [-0.3, -0.25) is 9.78 Å². The van der Waals surface area contributed by atoms with Gasteiger partial charge in [0, 0.05) is 20.2 Å². The van der Waals surface area contributed by atoms with Crippen molar-refractivity contribution in [1.82, 2.24) is 4.98 Å². The Bertz CT molecular complexity index is 551. The fourth-order valence-electron chi connectivity index (χ4n) is 1.67. The summed E-state index contributed by atoms with van der Waals surface area (Å²) in [4.78, 5) is 18.3. The number of Topliss-reactive ketones (excluding diaryl/α,β-unsaturated/α-hetero) is 1. The van der Waals surface area contributed by atoms with Crippen LogP contribution in [0.1, 0.15) is 22.3 Å². The lowest BCUT2D eigenvalue weighted by molar-refractivity contribution is 0.102. The number of carbonyl (C=O) groups is 1. The van der Waals surface area contributed by atoms with Gasteiger partial charge in [0.2, 0.25) is 0 Å². The van der Waals surface area contributed by atoms with Gasteiger partial charge >= 0.3 is 0 Å². The second-order valence-electron chi connectivity index (χ2n) is 4.10. The molecule has 0 aliphatic carbocycles. The SMILES string of the molecule is CC(=O)c1sc(N(C)Cc2ccccn2)cc1N. The van der Waals surface area contributed by atoms with Gasteiger partial charge in [0.1, 0.15) is 0 Å². The minimum Gasteiger partial charge on any atom is -0.397 e. The van der Waals surface area contributed by atoms with Crippen molar-refractivity contribution in [3.05, 3.63) is 41.0 Å². The molecule has 0 radical (unpaired) electrons. The molecule has 0 fully saturated rings. The van der Waals surface area contributed by atoms with Crippen LogP contribution in [0.2, 0.25) is 0 Å².